The van der Waals surface area contributed by atoms with Gasteiger partial charge in [0, 0.05) is 24.6 Å². The number of hydrogen-bond acceptors (Lipinski definition) is 4. The number of benzene rings is 1. The summed E-state index contributed by atoms with van der Waals surface area (Å²) in [6.07, 6.45) is 0.944. The van der Waals surface area contributed by atoms with Gasteiger partial charge < -0.3 is 5.32 Å². The van der Waals surface area contributed by atoms with Crippen molar-refractivity contribution in [3.63, 3.8) is 0 Å². The normalized spacial score (nSPS) is 11.3. The highest BCUT2D eigenvalue weighted by Crippen LogP contribution is 2.30. The van der Waals surface area contributed by atoms with Crippen molar-refractivity contribution in [2.75, 3.05) is 6.54 Å². The standard InChI is InChI=1S/C16H23N3S/c1-10(2)17-7-6-14-18-19-16(20-14)15-12(4)8-11(3)9-13(15)5/h8-10,17H,6-7H2,1-5H3. The average molecular weight is 289 g/mol. The Morgan fingerprint density at radius 2 is 1.75 bits per heavy atom. The molecule has 0 saturated heterocycles. The number of rotatable bonds is 5. The van der Waals surface area contributed by atoms with Crippen LogP contribution < -0.4 is 5.32 Å². The smallest absolute Gasteiger partial charge is 0.148 e. The lowest BCUT2D eigenvalue weighted by Gasteiger charge is -2.07. The van der Waals surface area contributed by atoms with Gasteiger partial charge in [-0.05, 0) is 31.9 Å². The van der Waals surface area contributed by atoms with Gasteiger partial charge in [0.05, 0.1) is 0 Å². The highest BCUT2D eigenvalue weighted by atomic mass is 32.1. The van der Waals surface area contributed by atoms with E-state index in [1.54, 1.807) is 11.3 Å². The zero-order valence-electron chi connectivity index (χ0n) is 12.9. The second-order valence-corrected chi connectivity index (χ2v) is 6.70. The molecule has 1 aromatic carbocycles. The van der Waals surface area contributed by atoms with Gasteiger partial charge in [0.2, 0.25) is 0 Å². The summed E-state index contributed by atoms with van der Waals surface area (Å²) in [5.41, 5.74) is 5.11. The Morgan fingerprint density at radius 3 is 2.35 bits per heavy atom. The van der Waals surface area contributed by atoms with Gasteiger partial charge in [-0.2, -0.15) is 0 Å². The molecule has 0 radical (unpaired) electrons. The molecule has 0 bridgehead atoms. The molecule has 2 rings (SSSR count). The fourth-order valence-electron chi connectivity index (χ4n) is 2.44. The molecule has 20 heavy (non-hydrogen) atoms. The van der Waals surface area contributed by atoms with Gasteiger partial charge in [0.15, 0.2) is 0 Å². The van der Waals surface area contributed by atoms with E-state index in [4.69, 9.17) is 0 Å². The van der Waals surface area contributed by atoms with Crippen LogP contribution in [0, 0.1) is 20.8 Å². The van der Waals surface area contributed by atoms with Gasteiger partial charge >= 0.3 is 0 Å². The molecule has 0 saturated carbocycles. The van der Waals surface area contributed by atoms with Crippen molar-refractivity contribution in [1.82, 2.24) is 15.5 Å². The zero-order chi connectivity index (χ0) is 14.7. The molecular weight excluding hydrogens is 266 g/mol. The van der Waals surface area contributed by atoms with E-state index < -0.39 is 0 Å². The Hall–Kier alpha value is -1.26. The van der Waals surface area contributed by atoms with E-state index in [9.17, 15) is 0 Å². The quantitative estimate of drug-likeness (QED) is 0.912. The summed E-state index contributed by atoms with van der Waals surface area (Å²) < 4.78 is 0. The van der Waals surface area contributed by atoms with Crippen LogP contribution in [0.4, 0.5) is 0 Å². The molecule has 0 spiro atoms. The minimum Gasteiger partial charge on any atom is -0.314 e. The van der Waals surface area contributed by atoms with Crippen molar-refractivity contribution < 1.29 is 0 Å². The summed E-state index contributed by atoms with van der Waals surface area (Å²) >= 11 is 1.71. The third kappa shape index (κ3) is 3.64. The van der Waals surface area contributed by atoms with Crippen molar-refractivity contribution in [2.24, 2.45) is 0 Å². The Labute approximate surface area is 125 Å². The molecule has 1 heterocycles. The number of hydrogen-bond donors (Lipinski definition) is 1. The van der Waals surface area contributed by atoms with E-state index in [0.29, 0.717) is 6.04 Å². The Balaban J connectivity index is 2.17. The van der Waals surface area contributed by atoms with Crippen LogP contribution >= 0.6 is 11.3 Å². The zero-order valence-corrected chi connectivity index (χ0v) is 13.8. The maximum Gasteiger partial charge on any atom is 0.148 e. The fraction of sp³-hybridized carbons (Fsp3) is 0.500. The first-order valence-electron chi connectivity index (χ1n) is 7.11. The molecule has 0 aliphatic rings. The fourth-order valence-corrected chi connectivity index (χ4v) is 3.46. The van der Waals surface area contributed by atoms with Crippen LogP contribution in [0.3, 0.4) is 0 Å². The van der Waals surface area contributed by atoms with Crippen LogP contribution in [0.15, 0.2) is 12.1 Å². The third-order valence-electron chi connectivity index (χ3n) is 3.25. The predicted molar refractivity (Wildman–Crippen MR) is 86.4 cm³/mol. The minimum atomic E-state index is 0.518. The summed E-state index contributed by atoms with van der Waals surface area (Å²) in [5, 5.41) is 14.3. The van der Waals surface area contributed by atoms with Crippen molar-refractivity contribution in [1.29, 1.82) is 0 Å². The SMILES string of the molecule is Cc1cc(C)c(-c2nnc(CCNC(C)C)s2)c(C)c1. The van der Waals surface area contributed by atoms with Crippen LogP contribution in [-0.4, -0.2) is 22.8 Å². The van der Waals surface area contributed by atoms with Crippen molar-refractivity contribution in [3.8, 4) is 10.6 Å². The van der Waals surface area contributed by atoms with Crippen molar-refractivity contribution in [3.05, 3.63) is 33.8 Å². The van der Waals surface area contributed by atoms with Gasteiger partial charge in [-0.1, -0.05) is 42.9 Å². The molecular formula is C16H23N3S. The van der Waals surface area contributed by atoms with E-state index in [1.807, 2.05) is 0 Å². The minimum absolute atomic E-state index is 0.518. The molecule has 0 amide bonds. The first-order chi connectivity index (χ1) is 9.47. The Kier molecular flexibility index (Phi) is 4.89. The maximum atomic E-state index is 4.38. The Bertz CT molecular complexity index is 564. The molecule has 0 atom stereocenters. The van der Waals surface area contributed by atoms with Crippen LogP contribution in [0.2, 0.25) is 0 Å². The second-order valence-electron chi connectivity index (χ2n) is 5.63. The van der Waals surface area contributed by atoms with Crippen LogP contribution in [0.1, 0.15) is 35.5 Å². The number of nitrogens with one attached hydrogen (secondary N) is 1. The number of nitrogens with zero attached hydrogens (tertiary/aromatic N) is 2. The maximum absolute atomic E-state index is 4.38. The lowest BCUT2D eigenvalue weighted by atomic mass is 10.0. The summed E-state index contributed by atoms with van der Waals surface area (Å²) in [4.78, 5) is 0. The highest BCUT2D eigenvalue weighted by Gasteiger charge is 2.12. The first kappa shape index (κ1) is 15.1. The molecule has 0 fully saturated rings. The van der Waals surface area contributed by atoms with Gasteiger partial charge in [0.25, 0.3) is 0 Å². The van der Waals surface area contributed by atoms with E-state index in [1.165, 1.54) is 22.3 Å². The van der Waals surface area contributed by atoms with Crippen LogP contribution in [0.25, 0.3) is 10.6 Å². The van der Waals surface area contributed by atoms with Gasteiger partial charge in [-0.25, -0.2) is 0 Å². The first-order valence-corrected chi connectivity index (χ1v) is 7.93. The molecule has 0 unspecified atom stereocenters. The monoisotopic (exact) mass is 289 g/mol. The Morgan fingerprint density at radius 1 is 1.10 bits per heavy atom. The second kappa shape index (κ2) is 6.46. The van der Waals surface area contributed by atoms with Crippen molar-refractivity contribution >= 4 is 11.3 Å². The number of aryl methyl sites for hydroxylation is 3. The van der Waals surface area contributed by atoms with Gasteiger partial charge in [-0.15, -0.1) is 10.2 Å². The molecule has 1 aromatic heterocycles. The highest BCUT2D eigenvalue weighted by molar-refractivity contribution is 7.14. The lowest BCUT2D eigenvalue weighted by molar-refractivity contribution is 0.588. The van der Waals surface area contributed by atoms with E-state index >= 15 is 0 Å². The van der Waals surface area contributed by atoms with Crippen molar-refractivity contribution in [2.45, 2.75) is 47.1 Å². The van der Waals surface area contributed by atoms with E-state index in [-0.39, 0.29) is 0 Å². The largest absolute Gasteiger partial charge is 0.314 e. The van der Waals surface area contributed by atoms with Crippen LogP contribution in [-0.2, 0) is 6.42 Å². The molecule has 2 aromatic rings. The molecule has 0 aliphatic carbocycles. The predicted octanol–water partition coefficient (Wildman–Crippen LogP) is 3.67. The summed E-state index contributed by atoms with van der Waals surface area (Å²) in [6, 6.07) is 4.94. The lowest BCUT2D eigenvalue weighted by Crippen LogP contribution is -2.24. The number of aromatic nitrogens is 2. The average Bonchev–Trinajstić information content (AvgIpc) is 2.75. The molecule has 108 valence electrons. The summed E-state index contributed by atoms with van der Waals surface area (Å²) in [6.45, 7) is 11.7. The molecule has 3 nitrogen and oxygen atoms in total. The van der Waals surface area contributed by atoms with Gasteiger partial charge in [0.1, 0.15) is 10.0 Å². The summed E-state index contributed by atoms with van der Waals surface area (Å²) in [7, 11) is 0. The molecule has 4 heteroatoms. The van der Waals surface area contributed by atoms with E-state index in [0.717, 1.165) is 23.0 Å². The van der Waals surface area contributed by atoms with E-state index in [2.05, 4.69) is 62.3 Å². The topological polar surface area (TPSA) is 37.8 Å². The molecule has 1 N–H and O–H groups in total. The third-order valence-corrected chi connectivity index (χ3v) is 4.25. The van der Waals surface area contributed by atoms with Crippen LogP contribution in [0.5, 0.6) is 0 Å². The van der Waals surface area contributed by atoms with Gasteiger partial charge in [-0.3, -0.25) is 0 Å². The molecule has 0 aliphatic heterocycles. The summed E-state index contributed by atoms with van der Waals surface area (Å²) in [5.74, 6) is 0.